The van der Waals surface area contributed by atoms with Gasteiger partial charge in [-0.25, -0.2) is 8.42 Å². The van der Waals surface area contributed by atoms with Crippen LogP contribution in [0.3, 0.4) is 0 Å². The van der Waals surface area contributed by atoms with E-state index in [1.165, 1.54) is 29.2 Å². The number of nitrogens with zero attached hydrogens (tertiary/aromatic N) is 2. The van der Waals surface area contributed by atoms with Gasteiger partial charge in [0.05, 0.1) is 21.2 Å². The lowest BCUT2D eigenvalue weighted by molar-refractivity contribution is -0.137. The summed E-state index contributed by atoms with van der Waals surface area (Å²) >= 11 is 12.0. The molecule has 12 heteroatoms. The van der Waals surface area contributed by atoms with Gasteiger partial charge in [0.15, 0.2) is 0 Å². The van der Waals surface area contributed by atoms with Crippen LogP contribution in [-0.4, -0.2) is 50.6 Å². The molecular weight excluding hydrogens is 504 g/mol. The predicted octanol–water partition coefficient (Wildman–Crippen LogP) is 4.44. The van der Waals surface area contributed by atoms with E-state index in [4.69, 9.17) is 23.2 Å². The zero-order valence-electron chi connectivity index (χ0n) is 17.2. The summed E-state index contributed by atoms with van der Waals surface area (Å²) in [6.07, 6.45) is -3.42. The summed E-state index contributed by atoms with van der Waals surface area (Å²) in [5.74, 6) is -0.764. The number of piperidine rings is 1. The van der Waals surface area contributed by atoms with Crippen LogP contribution in [0.15, 0.2) is 47.4 Å². The molecule has 1 fully saturated rings. The number of rotatable bonds is 6. The lowest BCUT2D eigenvalue weighted by Gasteiger charge is -2.34. The minimum atomic E-state index is -4.75. The van der Waals surface area contributed by atoms with E-state index in [0.29, 0.717) is 29.8 Å². The molecule has 180 valence electrons. The molecule has 1 aliphatic heterocycles. The maximum Gasteiger partial charge on any atom is 0.416 e. The van der Waals surface area contributed by atoms with Crippen molar-refractivity contribution < 1.29 is 31.5 Å². The van der Waals surface area contributed by atoms with Gasteiger partial charge in [-0.3, -0.25) is 9.10 Å². The van der Waals surface area contributed by atoms with Crippen molar-refractivity contribution in [3.05, 3.63) is 58.1 Å². The van der Waals surface area contributed by atoms with Crippen LogP contribution in [0, 0.1) is 5.92 Å². The molecule has 1 aliphatic rings. The van der Waals surface area contributed by atoms with E-state index in [9.17, 15) is 31.5 Å². The molecule has 33 heavy (non-hydrogen) atoms. The molecule has 1 unspecified atom stereocenters. The summed E-state index contributed by atoms with van der Waals surface area (Å²) < 4.78 is 67.5. The Balaban J connectivity index is 2.06. The Labute approximate surface area is 199 Å². The maximum absolute atomic E-state index is 13.4. The van der Waals surface area contributed by atoms with Gasteiger partial charge in [-0.05, 0) is 61.2 Å². The first-order valence-corrected chi connectivity index (χ1v) is 12.2. The molecule has 0 spiro atoms. The summed E-state index contributed by atoms with van der Waals surface area (Å²) in [4.78, 5) is 14.2. The van der Waals surface area contributed by atoms with Crippen LogP contribution in [0.4, 0.5) is 18.9 Å². The highest BCUT2D eigenvalue weighted by molar-refractivity contribution is 7.92. The monoisotopic (exact) mass is 524 g/mol. The molecule has 3 rings (SSSR count). The largest absolute Gasteiger partial charge is 0.416 e. The second kappa shape index (κ2) is 10.1. The fourth-order valence-electron chi connectivity index (χ4n) is 3.58. The average molecular weight is 525 g/mol. The number of carbonyl (C=O) groups excluding carboxylic acids is 1. The number of benzene rings is 2. The van der Waals surface area contributed by atoms with E-state index in [0.717, 1.165) is 12.1 Å². The van der Waals surface area contributed by atoms with Gasteiger partial charge in [0.25, 0.3) is 10.0 Å². The Kier molecular flexibility index (Phi) is 7.83. The molecule has 6 nitrogen and oxygen atoms in total. The van der Waals surface area contributed by atoms with Crippen LogP contribution in [0.2, 0.25) is 10.0 Å². The van der Waals surface area contributed by atoms with Gasteiger partial charge in [0.2, 0.25) is 5.91 Å². The molecule has 0 radical (unpaired) electrons. The Morgan fingerprint density at radius 3 is 2.42 bits per heavy atom. The molecule has 0 bridgehead atoms. The van der Waals surface area contributed by atoms with E-state index >= 15 is 0 Å². The lowest BCUT2D eigenvalue weighted by atomic mass is 9.99. The molecule has 1 N–H and O–H groups in total. The first kappa shape index (κ1) is 25.6. The minimum absolute atomic E-state index is 0.129. The highest BCUT2D eigenvalue weighted by atomic mass is 35.5. The van der Waals surface area contributed by atoms with Gasteiger partial charge in [-0.15, -0.1) is 0 Å². The van der Waals surface area contributed by atoms with Crippen LogP contribution in [-0.2, 0) is 21.0 Å². The van der Waals surface area contributed by atoms with Gasteiger partial charge in [0, 0.05) is 24.7 Å². The van der Waals surface area contributed by atoms with Crippen molar-refractivity contribution in [1.82, 2.24) is 4.90 Å². The second-order valence-corrected chi connectivity index (χ2v) is 10.4. The molecule has 2 aromatic rings. The minimum Gasteiger partial charge on any atom is -0.396 e. The number of alkyl halides is 3. The molecule has 1 heterocycles. The van der Waals surface area contributed by atoms with Crippen molar-refractivity contribution in [2.24, 2.45) is 5.92 Å². The third-order valence-electron chi connectivity index (χ3n) is 5.35. The molecule has 1 atom stereocenters. The first-order valence-electron chi connectivity index (χ1n) is 9.97. The van der Waals surface area contributed by atoms with Crippen LogP contribution in [0.1, 0.15) is 18.4 Å². The van der Waals surface area contributed by atoms with Crippen LogP contribution in [0.25, 0.3) is 0 Å². The van der Waals surface area contributed by atoms with Gasteiger partial charge < -0.3 is 10.0 Å². The van der Waals surface area contributed by atoms with Crippen LogP contribution >= 0.6 is 23.2 Å². The number of anilines is 1. The Morgan fingerprint density at radius 1 is 1.15 bits per heavy atom. The standard InChI is InChI=1S/C21H21Cl2F3N2O4S/c22-16-4-6-17(7-5-16)33(31,32)28(12-20(30)27-9-1-2-14(11-27)13-29)19-10-15(21(24,25)26)3-8-18(19)23/h3-8,10,14,29H,1-2,9,11-13H2. The number of likely N-dealkylation sites (tertiary alicyclic amines) is 1. The summed E-state index contributed by atoms with van der Waals surface area (Å²) in [5, 5.41) is 9.41. The molecular formula is C21H21Cl2F3N2O4S. The number of amides is 1. The Morgan fingerprint density at radius 2 is 1.82 bits per heavy atom. The fourth-order valence-corrected chi connectivity index (χ4v) is 5.40. The van der Waals surface area contributed by atoms with Crippen molar-refractivity contribution in [3.63, 3.8) is 0 Å². The average Bonchev–Trinajstić information content (AvgIpc) is 2.77. The van der Waals surface area contributed by atoms with Crippen molar-refractivity contribution >= 4 is 44.8 Å². The normalized spacial score (nSPS) is 17.2. The van der Waals surface area contributed by atoms with Gasteiger partial charge in [-0.1, -0.05) is 23.2 Å². The molecule has 1 amide bonds. The van der Waals surface area contributed by atoms with E-state index in [2.05, 4.69) is 0 Å². The van der Waals surface area contributed by atoms with Gasteiger partial charge >= 0.3 is 6.18 Å². The maximum atomic E-state index is 13.4. The zero-order chi connectivity index (χ0) is 24.4. The summed E-state index contributed by atoms with van der Waals surface area (Å²) in [6.45, 7) is -0.318. The Bertz CT molecular complexity index is 1110. The van der Waals surface area contributed by atoms with E-state index in [-0.39, 0.29) is 34.0 Å². The Hall–Kier alpha value is -2.01. The van der Waals surface area contributed by atoms with Crippen molar-refractivity contribution in [2.75, 3.05) is 30.5 Å². The zero-order valence-corrected chi connectivity index (χ0v) is 19.6. The van der Waals surface area contributed by atoms with E-state index < -0.39 is 39.9 Å². The molecule has 0 saturated carbocycles. The number of aliphatic hydroxyl groups is 1. The fraction of sp³-hybridized carbons (Fsp3) is 0.381. The summed E-state index contributed by atoms with van der Waals surface area (Å²) in [5.41, 5.74) is -1.57. The SMILES string of the molecule is O=C(CN(c1cc(C(F)(F)F)ccc1Cl)S(=O)(=O)c1ccc(Cl)cc1)N1CCCC(CO)C1. The summed E-state index contributed by atoms with van der Waals surface area (Å²) in [6, 6.07) is 7.31. The van der Waals surface area contributed by atoms with E-state index in [1.807, 2.05) is 0 Å². The lowest BCUT2D eigenvalue weighted by Crippen LogP contribution is -2.47. The molecule has 1 saturated heterocycles. The first-order chi connectivity index (χ1) is 15.4. The number of hydrogen-bond donors (Lipinski definition) is 1. The predicted molar refractivity (Wildman–Crippen MR) is 119 cm³/mol. The third kappa shape index (κ3) is 5.92. The quantitative estimate of drug-likeness (QED) is 0.605. The molecule has 2 aromatic carbocycles. The number of halogens is 5. The molecule has 0 aromatic heterocycles. The van der Waals surface area contributed by atoms with Gasteiger partial charge in [0.1, 0.15) is 6.54 Å². The topological polar surface area (TPSA) is 77.9 Å². The highest BCUT2D eigenvalue weighted by Gasteiger charge is 2.35. The van der Waals surface area contributed by atoms with Crippen LogP contribution in [0.5, 0.6) is 0 Å². The molecule has 0 aliphatic carbocycles. The number of aliphatic hydroxyl groups excluding tert-OH is 1. The third-order valence-corrected chi connectivity index (χ3v) is 7.70. The second-order valence-electron chi connectivity index (χ2n) is 7.66. The van der Waals surface area contributed by atoms with Crippen molar-refractivity contribution in [1.29, 1.82) is 0 Å². The van der Waals surface area contributed by atoms with Gasteiger partial charge in [-0.2, -0.15) is 13.2 Å². The summed E-state index contributed by atoms with van der Waals surface area (Å²) in [7, 11) is -4.48. The van der Waals surface area contributed by atoms with Crippen LogP contribution < -0.4 is 4.31 Å². The number of carbonyl (C=O) groups is 1. The van der Waals surface area contributed by atoms with E-state index in [1.54, 1.807) is 0 Å². The number of sulfonamides is 1. The highest BCUT2D eigenvalue weighted by Crippen LogP contribution is 2.37. The van der Waals surface area contributed by atoms with Crippen molar-refractivity contribution in [2.45, 2.75) is 23.9 Å². The van der Waals surface area contributed by atoms with Crippen molar-refractivity contribution in [3.8, 4) is 0 Å². The number of hydrogen-bond acceptors (Lipinski definition) is 4. The smallest absolute Gasteiger partial charge is 0.396 e.